The third-order valence-electron chi connectivity index (χ3n) is 2.89. The maximum absolute atomic E-state index is 5.06. The van der Waals surface area contributed by atoms with Gasteiger partial charge < -0.3 is 4.52 Å². The molecular formula is C10H16N2O. The summed E-state index contributed by atoms with van der Waals surface area (Å²) in [5.74, 6) is 0.949. The first-order valence-electron chi connectivity index (χ1n) is 4.69. The standard InChI is InChI=1S/C10H16N2O/c1-10(2)6-9(10)12(3)7-8-4-5-11-13-8/h4-5,9H,6-7H2,1-3H3. The van der Waals surface area contributed by atoms with Crippen molar-refractivity contribution in [3.63, 3.8) is 0 Å². The fourth-order valence-electron chi connectivity index (χ4n) is 1.87. The number of rotatable bonds is 3. The number of nitrogens with zero attached hydrogens (tertiary/aromatic N) is 2. The van der Waals surface area contributed by atoms with E-state index in [2.05, 4.69) is 31.0 Å². The van der Waals surface area contributed by atoms with Crippen LogP contribution in [-0.4, -0.2) is 23.1 Å². The maximum Gasteiger partial charge on any atom is 0.150 e. The van der Waals surface area contributed by atoms with Crippen molar-refractivity contribution >= 4 is 0 Å². The molecule has 0 bridgehead atoms. The van der Waals surface area contributed by atoms with Crippen molar-refractivity contribution in [1.82, 2.24) is 10.1 Å². The molecule has 3 heteroatoms. The molecule has 0 N–H and O–H groups in total. The third kappa shape index (κ3) is 1.75. The summed E-state index contributed by atoms with van der Waals surface area (Å²) in [6.07, 6.45) is 2.98. The highest BCUT2D eigenvalue weighted by molar-refractivity contribution is 5.04. The van der Waals surface area contributed by atoms with Crippen LogP contribution in [0.15, 0.2) is 16.8 Å². The largest absolute Gasteiger partial charge is 0.360 e. The first-order valence-corrected chi connectivity index (χ1v) is 4.69. The SMILES string of the molecule is CN(Cc1ccno1)C1CC1(C)C. The zero-order chi connectivity index (χ0) is 9.47. The zero-order valence-electron chi connectivity index (χ0n) is 8.45. The van der Waals surface area contributed by atoms with Crippen molar-refractivity contribution in [3.05, 3.63) is 18.0 Å². The minimum absolute atomic E-state index is 0.495. The second-order valence-corrected chi connectivity index (χ2v) is 4.60. The van der Waals surface area contributed by atoms with Crippen molar-refractivity contribution < 1.29 is 4.52 Å². The van der Waals surface area contributed by atoms with E-state index < -0.39 is 0 Å². The average molecular weight is 180 g/mol. The second-order valence-electron chi connectivity index (χ2n) is 4.60. The molecule has 1 aromatic heterocycles. The van der Waals surface area contributed by atoms with Crippen LogP contribution in [0.1, 0.15) is 26.0 Å². The van der Waals surface area contributed by atoms with Gasteiger partial charge in [-0.3, -0.25) is 4.90 Å². The van der Waals surface area contributed by atoms with E-state index in [1.54, 1.807) is 6.20 Å². The van der Waals surface area contributed by atoms with Gasteiger partial charge >= 0.3 is 0 Å². The molecule has 1 fully saturated rings. The van der Waals surface area contributed by atoms with Gasteiger partial charge in [0.1, 0.15) is 0 Å². The molecule has 0 aromatic carbocycles. The van der Waals surface area contributed by atoms with E-state index >= 15 is 0 Å². The molecule has 0 amide bonds. The lowest BCUT2D eigenvalue weighted by Gasteiger charge is -2.16. The maximum atomic E-state index is 5.06. The number of aromatic nitrogens is 1. The summed E-state index contributed by atoms with van der Waals surface area (Å²) >= 11 is 0. The minimum Gasteiger partial charge on any atom is -0.360 e. The van der Waals surface area contributed by atoms with E-state index in [0.717, 1.165) is 12.3 Å². The lowest BCUT2D eigenvalue weighted by molar-refractivity contribution is 0.242. The van der Waals surface area contributed by atoms with Crippen LogP contribution in [-0.2, 0) is 6.54 Å². The lowest BCUT2D eigenvalue weighted by Crippen LogP contribution is -2.23. The van der Waals surface area contributed by atoms with Crippen LogP contribution >= 0.6 is 0 Å². The molecule has 1 heterocycles. The van der Waals surface area contributed by atoms with Gasteiger partial charge in [-0.15, -0.1) is 0 Å². The van der Waals surface area contributed by atoms with E-state index in [-0.39, 0.29) is 0 Å². The second kappa shape index (κ2) is 2.84. The first-order chi connectivity index (χ1) is 6.09. The van der Waals surface area contributed by atoms with Gasteiger partial charge in [-0.2, -0.15) is 0 Å². The fraction of sp³-hybridized carbons (Fsp3) is 0.700. The summed E-state index contributed by atoms with van der Waals surface area (Å²) in [7, 11) is 2.14. The Morgan fingerprint density at radius 3 is 2.85 bits per heavy atom. The Kier molecular flexibility index (Phi) is 1.91. The van der Waals surface area contributed by atoms with Gasteiger partial charge in [-0.1, -0.05) is 19.0 Å². The first kappa shape index (κ1) is 8.75. The Morgan fingerprint density at radius 1 is 1.69 bits per heavy atom. The summed E-state index contributed by atoms with van der Waals surface area (Å²) in [6.45, 7) is 5.47. The minimum atomic E-state index is 0.495. The number of hydrogen-bond donors (Lipinski definition) is 0. The Balaban J connectivity index is 1.90. The van der Waals surface area contributed by atoms with Crippen LogP contribution < -0.4 is 0 Å². The molecule has 2 rings (SSSR count). The van der Waals surface area contributed by atoms with Crippen molar-refractivity contribution in [2.75, 3.05) is 7.05 Å². The van der Waals surface area contributed by atoms with Gasteiger partial charge in [0.25, 0.3) is 0 Å². The van der Waals surface area contributed by atoms with Crippen LogP contribution in [0.2, 0.25) is 0 Å². The highest BCUT2D eigenvalue weighted by Gasteiger charge is 2.48. The Bertz CT molecular complexity index is 279. The molecule has 1 saturated carbocycles. The molecule has 13 heavy (non-hydrogen) atoms. The van der Waals surface area contributed by atoms with E-state index in [4.69, 9.17) is 4.52 Å². The Hall–Kier alpha value is -0.830. The molecular weight excluding hydrogens is 164 g/mol. The Labute approximate surface area is 78.7 Å². The molecule has 3 nitrogen and oxygen atoms in total. The summed E-state index contributed by atoms with van der Waals surface area (Å²) in [5, 5.41) is 3.69. The third-order valence-corrected chi connectivity index (χ3v) is 2.89. The van der Waals surface area contributed by atoms with Crippen molar-refractivity contribution in [2.45, 2.75) is 32.9 Å². The lowest BCUT2D eigenvalue weighted by atomic mass is 10.2. The average Bonchev–Trinajstić information content (AvgIpc) is 2.49. The molecule has 0 spiro atoms. The van der Waals surface area contributed by atoms with Gasteiger partial charge in [-0.25, -0.2) is 0 Å². The predicted molar refractivity (Wildman–Crippen MR) is 50.2 cm³/mol. The van der Waals surface area contributed by atoms with Gasteiger partial charge in [0.15, 0.2) is 5.76 Å². The molecule has 1 aliphatic rings. The molecule has 0 radical (unpaired) electrons. The van der Waals surface area contributed by atoms with Gasteiger partial charge in [0.05, 0.1) is 12.7 Å². The molecule has 1 aliphatic carbocycles. The van der Waals surface area contributed by atoms with Crippen LogP contribution in [0.3, 0.4) is 0 Å². The van der Waals surface area contributed by atoms with Gasteiger partial charge in [0.2, 0.25) is 0 Å². The van der Waals surface area contributed by atoms with Gasteiger partial charge in [0, 0.05) is 12.1 Å². The highest BCUT2D eigenvalue weighted by Crippen LogP contribution is 2.48. The van der Waals surface area contributed by atoms with Crippen LogP contribution in [0.4, 0.5) is 0 Å². The van der Waals surface area contributed by atoms with E-state index in [1.807, 2.05) is 6.07 Å². The van der Waals surface area contributed by atoms with Crippen LogP contribution in [0.25, 0.3) is 0 Å². The topological polar surface area (TPSA) is 29.3 Å². The Morgan fingerprint density at radius 2 is 2.38 bits per heavy atom. The van der Waals surface area contributed by atoms with E-state index in [9.17, 15) is 0 Å². The molecule has 1 atom stereocenters. The van der Waals surface area contributed by atoms with Crippen molar-refractivity contribution in [1.29, 1.82) is 0 Å². The van der Waals surface area contributed by atoms with Crippen molar-refractivity contribution in [2.24, 2.45) is 5.41 Å². The molecule has 1 unspecified atom stereocenters. The smallest absolute Gasteiger partial charge is 0.150 e. The molecule has 1 aromatic rings. The van der Waals surface area contributed by atoms with E-state index in [0.29, 0.717) is 11.5 Å². The summed E-state index contributed by atoms with van der Waals surface area (Å²) in [6, 6.07) is 2.63. The summed E-state index contributed by atoms with van der Waals surface area (Å²) in [4.78, 5) is 2.33. The molecule has 0 saturated heterocycles. The summed E-state index contributed by atoms with van der Waals surface area (Å²) < 4.78 is 5.06. The fourth-order valence-corrected chi connectivity index (χ4v) is 1.87. The van der Waals surface area contributed by atoms with E-state index in [1.165, 1.54) is 6.42 Å². The monoisotopic (exact) mass is 180 g/mol. The highest BCUT2D eigenvalue weighted by atomic mass is 16.5. The zero-order valence-corrected chi connectivity index (χ0v) is 8.45. The normalized spacial score (nSPS) is 25.1. The van der Waals surface area contributed by atoms with Gasteiger partial charge in [-0.05, 0) is 18.9 Å². The quantitative estimate of drug-likeness (QED) is 0.711. The number of hydrogen-bond acceptors (Lipinski definition) is 3. The molecule has 72 valence electrons. The van der Waals surface area contributed by atoms with Crippen molar-refractivity contribution in [3.8, 4) is 0 Å². The molecule has 0 aliphatic heterocycles. The predicted octanol–water partition coefficient (Wildman–Crippen LogP) is 1.90. The van der Waals surface area contributed by atoms with Crippen LogP contribution in [0.5, 0.6) is 0 Å². The van der Waals surface area contributed by atoms with Crippen LogP contribution in [0, 0.1) is 5.41 Å². The summed E-state index contributed by atoms with van der Waals surface area (Å²) in [5.41, 5.74) is 0.495.